The largest absolute Gasteiger partial charge is 0.493 e. The summed E-state index contributed by atoms with van der Waals surface area (Å²) in [5, 5.41) is 2.24. The number of unbranched alkanes of at least 4 members (excludes halogenated alkanes) is 1. The van der Waals surface area contributed by atoms with Crippen LogP contribution < -0.4 is 29.8 Å². The first kappa shape index (κ1) is 24.8. The van der Waals surface area contributed by atoms with Crippen LogP contribution in [0.1, 0.15) is 40.6 Å². The van der Waals surface area contributed by atoms with Crippen molar-refractivity contribution in [2.24, 2.45) is 0 Å². The van der Waals surface area contributed by atoms with Gasteiger partial charge in [0.15, 0.2) is 23.0 Å². The van der Waals surface area contributed by atoms with Crippen LogP contribution in [0.2, 0.25) is 0 Å². The minimum absolute atomic E-state index is 0.173. The fraction of sp³-hybridized carbons (Fsp3) is 0.292. The maximum Gasteiger partial charge on any atom is 0.289 e. The summed E-state index contributed by atoms with van der Waals surface area (Å²) >= 11 is 1.30. The lowest BCUT2D eigenvalue weighted by Crippen LogP contribution is -2.41. The van der Waals surface area contributed by atoms with Gasteiger partial charge in [-0.05, 0) is 42.8 Å². The predicted molar refractivity (Wildman–Crippen MR) is 129 cm³/mol. The van der Waals surface area contributed by atoms with Crippen molar-refractivity contribution in [3.05, 3.63) is 53.0 Å². The van der Waals surface area contributed by atoms with E-state index < -0.39 is 11.8 Å². The molecule has 1 heterocycles. The van der Waals surface area contributed by atoms with Gasteiger partial charge in [0.2, 0.25) is 0 Å². The zero-order chi connectivity index (χ0) is 24.5. The first-order chi connectivity index (χ1) is 16.5. The number of aromatic nitrogens is 1. The molecule has 0 fully saturated rings. The van der Waals surface area contributed by atoms with E-state index in [4.69, 9.17) is 18.9 Å². The number of hydrogen-bond acceptors (Lipinski definition) is 8. The van der Waals surface area contributed by atoms with Crippen molar-refractivity contribution in [3.8, 4) is 33.6 Å². The lowest BCUT2D eigenvalue weighted by Gasteiger charge is -2.12. The fourth-order valence-electron chi connectivity index (χ4n) is 2.98. The molecule has 0 aliphatic heterocycles. The van der Waals surface area contributed by atoms with Gasteiger partial charge >= 0.3 is 0 Å². The Kier molecular flexibility index (Phi) is 8.69. The third-order valence-corrected chi connectivity index (χ3v) is 5.73. The number of hydrogen-bond donors (Lipinski definition) is 2. The second-order valence-electron chi connectivity index (χ2n) is 7.08. The number of nitrogens with zero attached hydrogens (tertiary/aromatic N) is 1. The molecule has 3 rings (SSSR count). The monoisotopic (exact) mass is 485 g/mol. The number of ether oxygens (including phenoxy) is 4. The van der Waals surface area contributed by atoms with Gasteiger partial charge in [-0.25, -0.2) is 4.98 Å². The van der Waals surface area contributed by atoms with Crippen LogP contribution in [-0.4, -0.2) is 44.7 Å². The molecular formula is C24H27N3O6S. The first-order valence-electron chi connectivity index (χ1n) is 10.6. The minimum Gasteiger partial charge on any atom is -0.493 e. The highest BCUT2D eigenvalue weighted by Gasteiger charge is 2.16. The summed E-state index contributed by atoms with van der Waals surface area (Å²) in [4.78, 5) is 29.4. The van der Waals surface area contributed by atoms with Crippen LogP contribution in [0.5, 0.6) is 23.0 Å². The molecule has 9 nitrogen and oxygen atoms in total. The van der Waals surface area contributed by atoms with E-state index in [1.54, 1.807) is 49.9 Å². The Balaban J connectivity index is 1.63. The lowest BCUT2D eigenvalue weighted by atomic mass is 10.2. The highest BCUT2D eigenvalue weighted by molar-refractivity contribution is 7.13. The van der Waals surface area contributed by atoms with Gasteiger partial charge in [-0.15, -0.1) is 11.3 Å². The SMILES string of the molecule is CCCCOc1ccc(C(=O)NNC(=O)c2csc(-c3ccc(OC)c(OC)c3)n2)cc1OC. The number of nitrogens with one attached hydrogen (secondary N) is 2. The molecule has 0 aliphatic rings. The van der Waals surface area contributed by atoms with E-state index in [1.165, 1.54) is 18.4 Å². The summed E-state index contributed by atoms with van der Waals surface area (Å²) in [6, 6.07) is 10.2. The maximum atomic E-state index is 12.5. The number of rotatable bonds is 10. The number of thiazole rings is 1. The second-order valence-corrected chi connectivity index (χ2v) is 7.94. The molecule has 0 saturated carbocycles. The quantitative estimate of drug-likeness (QED) is 0.329. The molecular weight excluding hydrogens is 458 g/mol. The average Bonchev–Trinajstić information content (AvgIpc) is 3.37. The van der Waals surface area contributed by atoms with Crippen LogP contribution >= 0.6 is 11.3 Å². The van der Waals surface area contributed by atoms with Gasteiger partial charge in [0, 0.05) is 16.5 Å². The van der Waals surface area contributed by atoms with Gasteiger partial charge in [-0.2, -0.15) is 0 Å². The summed E-state index contributed by atoms with van der Waals surface area (Å²) < 4.78 is 21.6. The summed E-state index contributed by atoms with van der Waals surface area (Å²) in [7, 11) is 4.61. The average molecular weight is 486 g/mol. The molecule has 0 atom stereocenters. The van der Waals surface area contributed by atoms with E-state index in [1.807, 2.05) is 6.07 Å². The molecule has 34 heavy (non-hydrogen) atoms. The van der Waals surface area contributed by atoms with E-state index in [-0.39, 0.29) is 5.69 Å². The molecule has 2 amide bonds. The number of carbonyl (C=O) groups excluding carboxylic acids is 2. The van der Waals surface area contributed by atoms with Crippen LogP contribution in [0.15, 0.2) is 41.8 Å². The summed E-state index contributed by atoms with van der Waals surface area (Å²) in [6.45, 7) is 2.64. The second kappa shape index (κ2) is 11.9. The van der Waals surface area contributed by atoms with Crippen LogP contribution in [-0.2, 0) is 0 Å². The first-order valence-corrected chi connectivity index (χ1v) is 11.5. The predicted octanol–water partition coefficient (Wildman–Crippen LogP) is 4.09. The normalized spacial score (nSPS) is 10.4. The van der Waals surface area contributed by atoms with Gasteiger partial charge in [-0.1, -0.05) is 13.3 Å². The molecule has 1 aromatic heterocycles. The molecule has 180 valence electrons. The molecule has 10 heteroatoms. The Labute approximate surface area is 202 Å². The minimum atomic E-state index is -0.539. The van der Waals surface area contributed by atoms with Crippen molar-refractivity contribution in [2.75, 3.05) is 27.9 Å². The number of methoxy groups -OCH3 is 3. The van der Waals surface area contributed by atoms with Gasteiger partial charge < -0.3 is 18.9 Å². The van der Waals surface area contributed by atoms with Crippen LogP contribution in [0.3, 0.4) is 0 Å². The molecule has 0 radical (unpaired) electrons. The summed E-state index contributed by atoms with van der Waals surface area (Å²) in [5.74, 6) is 1.12. The van der Waals surface area contributed by atoms with Gasteiger partial charge in [-0.3, -0.25) is 20.4 Å². The zero-order valence-corrected chi connectivity index (χ0v) is 20.3. The fourth-order valence-corrected chi connectivity index (χ4v) is 3.78. The molecule has 0 unspecified atom stereocenters. The third-order valence-electron chi connectivity index (χ3n) is 4.84. The highest BCUT2D eigenvalue weighted by atomic mass is 32.1. The lowest BCUT2D eigenvalue weighted by molar-refractivity contribution is 0.0844. The highest BCUT2D eigenvalue weighted by Crippen LogP contribution is 2.33. The molecule has 0 saturated heterocycles. The van der Waals surface area contributed by atoms with E-state index in [0.717, 1.165) is 18.4 Å². The zero-order valence-electron chi connectivity index (χ0n) is 19.5. The van der Waals surface area contributed by atoms with E-state index >= 15 is 0 Å². The molecule has 0 aliphatic carbocycles. The van der Waals surface area contributed by atoms with Crippen LogP contribution in [0.25, 0.3) is 10.6 Å². The van der Waals surface area contributed by atoms with Crippen molar-refractivity contribution in [2.45, 2.75) is 19.8 Å². The van der Waals surface area contributed by atoms with Crippen molar-refractivity contribution < 1.29 is 28.5 Å². The van der Waals surface area contributed by atoms with E-state index in [2.05, 4.69) is 22.8 Å². The molecule has 0 bridgehead atoms. The smallest absolute Gasteiger partial charge is 0.289 e. The number of carbonyl (C=O) groups is 2. The van der Waals surface area contributed by atoms with Gasteiger partial charge in [0.25, 0.3) is 11.8 Å². The van der Waals surface area contributed by atoms with E-state index in [9.17, 15) is 9.59 Å². The third kappa shape index (κ3) is 5.96. The van der Waals surface area contributed by atoms with E-state index in [0.29, 0.717) is 40.2 Å². The summed E-state index contributed by atoms with van der Waals surface area (Å²) in [6.07, 6.45) is 1.93. The van der Waals surface area contributed by atoms with Crippen LogP contribution in [0.4, 0.5) is 0 Å². The Morgan fingerprint density at radius 3 is 2.26 bits per heavy atom. The topological polar surface area (TPSA) is 108 Å². The van der Waals surface area contributed by atoms with Crippen molar-refractivity contribution in [3.63, 3.8) is 0 Å². The van der Waals surface area contributed by atoms with Crippen molar-refractivity contribution in [1.82, 2.24) is 15.8 Å². The Bertz CT molecular complexity index is 1150. The van der Waals surface area contributed by atoms with Crippen molar-refractivity contribution in [1.29, 1.82) is 0 Å². The van der Waals surface area contributed by atoms with Crippen LogP contribution in [0, 0.1) is 0 Å². The Hall–Kier alpha value is -3.79. The number of amides is 2. The Morgan fingerprint density at radius 2 is 1.56 bits per heavy atom. The maximum absolute atomic E-state index is 12.5. The molecule has 2 N–H and O–H groups in total. The standard InChI is InChI=1S/C24H27N3O6S/c1-5-6-11-33-19-10-7-15(12-21(19)32-4)22(28)26-27-23(29)17-14-34-24(25-17)16-8-9-18(30-2)20(13-16)31-3/h7-10,12-14H,5-6,11H2,1-4H3,(H,26,28)(H,27,29). The summed E-state index contributed by atoms with van der Waals surface area (Å²) in [5.41, 5.74) is 6.04. The Morgan fingerprint density at radius 1 is 0.882 bits per heavy atom. The number of hydrazine groups is 1. The number of benzene rings is 2. The van der Waals surface area contributed by atoms with Crippen molar-refractivity contribution >= 4 is 23.2 Å². The molecule has 0 spiro atoms. The van der Waals surface area contributed by atoms with Gasteiger partial charge in [0.05, 0.1) is 27.9 Å². The molecule has 2 aromatic carbocycles. The van der Waals surface area contributed by atoms with Gasteiger partial charge in [0.1, 0.15) is 10.7 Å². The molecule has 3 aromatic rings.